The second-order valence-corrected chi connectivity index (χ2v) is 6.65. The standard InChI is InChI=1S/C13H15FN2O5S/c14-11-9(13(18)19)6-3-7-10(11)22(20,21)16-15-12(17)8-4-1-2-5-8/h3,6-8,16H,1-2,4-5H2,(H,15,17)(H,18,19). The van der Waals surface area contributed by atoms with Crippen molar-refractivity contribution in [2.75, 3.05) is 0 Å². The molecule has 1 aliphatic carbocycles. The lowest BCUT2D eigenvalue weighted by Gasteiger charge is -2.12. The van der Waals surface area contributed by atoms with Gasteiger partial charge in [-0.1, -0.05) is 18.9 Å². The Bertz CT molecular complexity index is 698. The van der Waals surface area contributed by atoms with Gasteiger partial charge in [-0.2, -0.15) is 0 Å². The van der Waals surface area contributed by atoms with Crippen LogP contribution in [0.15, 0.2) is 23.1 Å². The van der Waals surface area contributed by atoms with Gasteiger partial charge in [-0.25, -0.2) is 17.6 Å². The highest BCUT2D eigenvalue weighted by molar-refractivity contribution is 7.89. The molecule has 0 radical (unpaired) electrons. The van der Waals surface area contributed by atoms with E-state index in [9.17, 15) is 22.4 Å². The average molecular weight is 330 g/mol. The largest absolute Gasteiger partial charge is 0.478 e. The Hall–Kier alpha value is -2.00. The van der Waals surface area contributed by atoms with Crippen molar-refractivity contribution in [1.82, 2.24) is 10.3 Å². The van der Waals surface area contributed by atoms with Crippen LogP contribution in [0.2, 0.25) is 0 Å². The molecule has 9 heteroatoms. The summed E-state index contributed by atoms with van der Waals surface area (Å²) in [5.41, 5.74) is 1.29. The Morgan fingerprint density at radius 3 is 2.45 bits per heavy atom. The molecule has 0 aliphatic heterocycles. The third-order valence-corrected chi connectivity index (χ3v) is 4.78. The maximum Gasteiger partial charge on any atom is 0.338 e. The number of amides is 1. The highest BCUT2D eigenvalue weighted by atomic mass is 32.2. The molecule has 0 atom stereocenters. The van der Waals surface area contributed by atoms with Gasteiger partial charge >= 0.3 is 5.97 Å². The predicted octanol–water partition coefficient (Wildman–Crippen LogP) is 1.02. The summed E-state index contributed by atoms with van der Waals surface area (Å²) in [6, 6.07) is 2.99. The fourth-order valence-electron chi connectivity index (χ4n) is 2.35. The molecule has 120 valence electrons. The molecule has 0 heterocycles. The number of nitrogens with one attached hydrogen (secondary N) is 2. The Morgan fingerprint density at radius 2 is 1.86 bits per heavy atom. The highest BCUT2D eigenvalue weighted by Crippen LogP contribution is 2.24. The van der Waals surface area contributed by atoms with Crippen LogP contribution >= 0.6 is 0 Å². The number of carboxylic acids is 1. The van der Waals surface area contributed by atoms with Crippen LogP contribution in [0.5, 0.6) is 0 Å². The van der Waals surface area contributed by atoms with Gasteiger partial charge in [0.1, 0.15) is 4.90 Å². The van der Waals surface area contributed by atoms with E-state index >= 15 is 0 Å². The van der Waals surface area contributed by atoms with Gasteiger partial charge in [0.05, 0.1) is 5.56 Å². The van der Waals surface area contributed by atoms with Crippen molar-refractivity contribution in [3.63, 3.8) is 0 Å². The Morgan fingerprint density at radius 1 is 1.23 bits per heavy atom. The third-order valence-electron chi connectivity index (χ3n) is 3.52. The van der Waals surface area contributed by atoms with E-state index in [0.29, 0.717) is 12.8 Å². The second-order valence-electron chi connectivity index (χ2n) is 5.00. The molecule has 1 aromatic rings. The monoisotopic (exact) mass is 330 g/mol. The minimum atomic E-state index is -4.39. The lowest BCUT2D eigenvalue weighted by atomic mass is 10.1. The smallest absolute Gasteiger partial charge is 0.338 e. The lowest BCUT2D eigenvalue weighted by Crippen LogP contribution is -2.44. The van der Waals surface area contributed by atoms with E-state index in [1.807, 2.05) is 5.43 Å². The quantitative estimate of drug-likeness (QED) is 0.698. The lowest BCUT2D eigenvalue weighted by molar-refractivity contribution is -0.125. The number of halogens is 1. The molecule has 0 saturated heterocycles. The number of benzene rings is 1. The van der Waals surface area contributed by atoms with Crippen molar-refractivity contribution in [3.05, 3.63) is 29.6 Å². The van der Waals surface area contributed by atoms with Gasteiger partial charge in [-0.3, -0.25) is 10.2 Å². The van der Waals surface area contributed by atoms with Crippen LogP contribution in [0.1, 0.15) is 36.0 Å². The third kappa shape index (κ3) is 3.42. The number of rotatable bonds is 5. The zero-order valence-corrected chi connectivity index (χ0v) is 12.3. The van der Waals surface area contributed by atoms with E-state index in [0.717, 1.165) is 31.0 Å². The first-order valence-electron chi connectivity index (χ1n) is 6.66. The Balaban J connectivity index is 2.15. The van der Waals surface area contributed by atoms with E-state index in [2.05, 4.69) is 0 Å². The maximum absolute atomic E-state index is 13.9. The predicted molar refractivity (Wildman–Crippen MR) is 73.8 cm³/mol. The summed E-state index contributed by atoms with van der Waals surface area (Å²) in [5.74, 6) is -3.70. The SMILES string of the molecule is O=C(O)c1cccc(S(=O)(=O)NNC(=O)C2CCCC2)c1F. The van der Waals surface area contributed by atoms with Crippen molar-refractivity contribution < 1.29 is 27.5 Å². The number of carbonyl (C=O) groups excluding carboxylic acids is 1. The first kappa shape index (κ1) is 16.4. The van der Waals surface area contributed by atoms with Gasteiger partial charge in [0.2, 0.25) is 5.91 Å². The van der Waals surface area contributed by atoms with Crippen LogP contribution in [0.3, 0.4) is 0 Å². The molecule has 0 unspecified atom stereocenters. The topological polar surface area (TPSA) is 113 Å². The Kier molecular flexibility index (Phi) is 4.77. The molecule has 7 nitrogen and oxygen atoms in total. The summed E-state index contributed by atoms with van der Waals surface area (Å²) in [7, 11) is -4.39. The molecule has 22 heavy (non-hydrogen) atoms. The number of sulfonamides is 1. The van der Waals surface area contributed by atoms with Crippen LogP contribution in [-0.4, -0.2) is 25.4 Å². The molecule has 1 saturated carbocycles. The van der Waals surface area contributed by atoms with Crippen LogP contribution in [0, 0.1) is 11.7 Å². The van der Waals surface area contributed by atoms with Crippen molar-refractivity contribution in [3.8, 4) is 0 Å². The van der Waals surface area contributed by atoms with Crippen LogP contribution in [0.25, 0.3) is 0 Å². The van der Waals surface area contributed by atoms with Crippen molar-refractivity contribution >= 4 is 21.9 Å². The van der Waals surface area contributed by atoms with E-state index in [-0.39, 0.29) is 5.92 Å². The molecule has 3 N–H and O–H groups in total. The zero-order chi connectivity index (χ0) is 16.3. The fourth-order valence-corrected chi connectivity index (χ4v) is 3.29. The number of hydrazine groups is 1. The second kappa shape index (κ2) is 6.41. The Labute approximate surface area is 126 Å². The molecule has 1 aromatic carbocycles. The van der Waals surface area contributed by atoms with Crippen molar-refractivity contribution in [2.45, 2.75) is 30.6 Å². The molecular formula is C13H15FN2O5S. The zero-order valence-electron chi connectivity index (χ0n) is 11.5. The first-order valence-corrected chi connectivity index (χ1v) is 8.14. The number of carbonyl (C=O) groups is 2. The van der Waals surface area contributed by atoms with Gasteiger partial charge in [0.25, 0.3) is 10.0 Å². The van der Waals surface area contributed by atoms with E-state index in [1.54, 1.807) is 4.83 Å². The van der Waals surface area contributed by atoms with Crippen molar-refractivity contribution in [2.24, 2.45) is 5.92 Å². The summed E-state index contributed by atoms with van der Waals surface area (Å²) in [5, 5.41) is 8.79. The maximum atomic E-state index is 13.9. The molecule has 2 rings (SSSR count). The number of aromatic carboxylic acids is 1. The van der Waals surface area contributed by atoms with Gasteiger partial charge in [0, 0.05) is 5.92 Å². The van der Waals surface area contributed by atoms with Gasteiger partial charge in [-0.05, 0) is 25.0 Å². The number of carboxylic acid groups (broad SMARTS) is 1. The molecule has 0 aromatic heterocycles. The van der Waals surface area contributed by atoms with Gasteiger partial charge < -0.3 is 5.11 Å². The minimum absolute atomic E-state index is 0.266. The van der Waals surface area contributed by atoms with Gasteiger partial charge in [-0.15, -0.1) is 4.83 Å². The summed E-state index contributed by atoms with van der Waals surface area (Å²) in [6.07, 6.45) is 3.16. The van der Waals surface area contributed by atoms with E-state index in [4.69, 9.17) is 5.11 Å². The molecular weight excluding hydrogens is 315 g/mol. The fraction of sp³-hybridized carbons (Fsp3) is 0.385. The van der Waals surface area contributed by atoms with E-state index < -0.39 is 38.2 Å². The van der Waals surface area contributed by atoms with Crippen LogP contribution in [-0.2, 0) is 14.8 Å². The molecule has 0 bridgehead atoms. The summed E-state index contributed by atoms with van der Waals surface area (Å²) >= 11 is 0. The normalized spacial score (nSPS) is 15.7. The molecule has 1 aliphatic rings. The number of hydrogen-bond acceptors (Lipinski definition) is 4. The van der Waals surface area contributed by atoms with Crippen LogP contribution in [0.4, 0.5) is 4.39 Å². The average Bonchev–Trinajstić information content (AvgIpc) is 2.98. The molecule has 1 amide bonds. The summed E-state index contributed by atoms with van der Waals surface area (Å²) < 4.78 is 37.9. The molecule has 0 spiro atoms. The van der Waals surface area contributed by atoms with Crippen LogP contribution < -0.4 is 10.3 Å². The summed E-state index contributed by atoms with van der Waals surface area (Å²) in [6.45, 7) is 0. The molecule has 1 fully saturated rings. The van der Waals surface area contributed by atoms with E-state index in [1.165, 1.54) is 0 Å². The summed E-state index contributed by atoms with van der Waals surface area (Å²) in [4.78, 5) is 23.5. The highest BCUT2D eigenvalue weighted by Gasteiger charge is 2.27. The van der Waals surface area contributed by atoms with Crippen molar-refractivity contribution in [1.29, 1.82) is 0 Å². The minimum Gasteiger partial charge on any atom is -0.478 e. The van der Waals surface area contributed by atoms with Gasteiger partial charge in [0.15, 0.2) is 5.82 Å². The number of hydrogen-bond donors (Lipinski definition) is 3. The first-order chi connectivity index (χ1) is 10.3.